The predicted octanol–water partition coefficient (Wildman–Crippen LogP) is 2.23. The maximum atomic E-state index is 11.5. The molecule has 0 bridgehead atoms. The van der Waals surface area contributed by atoms with Crippen LogP contribution in [-0.2, 0) is 19.1 Å². The Morgan fingerprint density at radius 1 is 1.00 bits per heavy atom. The van der Waals surface area contributed by atoms with E-state index in [0.717, 1.165) is 6.42 Å². The molecule has 0 saturated heterocycles. The van der Waals surface area contributed by atoms with Gasteiger partial charge >= 0.3 is 11.9 Å². The van der Waals surface area contributed by atoms with Gasteiger partial charge in [-0.05, 0) is 26.7 Å². The van der Waals surface area contributed by atoms with Crippen LogP contribution in [-0.4, -0.2) is 25.2 Å². The van der Waals surface area contributed by atoms with Crippen LogP contribution in [0.2, 0.25) is 0 Å². The molecule has 4 heteroatoms. The van der Waals surface area contributed by atoms with Crippen molar-refractivity contribution in [2.24, 2.45) is 0 Å². The smallest absolute Gasteiger partial charge is 0.333 e. The van der Waals surface area contributed by atoms with Gasteiger partial charge in [0.15, 0.2) is 0 Å². The predicted molar refractivity (Wildman–Crippen MR) is 60.9 cm³/mol. The number of rotatable bonds is 7. The minimum Gasteiger partial charge on any atom is -0.466 e. The molecule has 0 aliphatic carbocycles. The van der Waals surface area contributed by atoms with Crippen LogP contribution in [0.15, 0.2) is 11.6 Å². The second-order valence-corrected chi connectivity index (χ2v) is 3.16. The maximum absolute atomic E-state index is 11.5. The number of ether oxygens (including phenoxy) is 2. The van der Waals surface area contributed by atoms with Gasteiger partial charge in [-0.1, -0.05) is 13.0 Å². The molecule has 16 heavy (non-hydrogen) atoms. The Balaban J connectivity index is 4.19. The average Bonchev–Trinajstić information content (AvgIpc) is 2.24. The van der Waals surface area contributed by atoms with Crippen LogP contribution in [0.3, 0.4) is 0 Å². The van der Waals surface area contributed by atoms with E-state index in [1.54, 1.807) is 19.9 Å². The summed E-state index contributed by atoms with van der Waals surface area (Å²) in [5.74, 6) is -0.623. The van der Waals surface area contributed by atoms with Crippen LogP contribution in [0.1, 0.15) is 40.0 Å². The molecule has 0 radical (unpaired) electrons. The standard InChI is InChI=1S/C12H20O4/c1-4-7-10(12(14)16-6-3)8-9-11(13)15-5-2/h7H,4-6,8-9H2,1-3H3. The molecule has 92 valence electrons. The van der Waals surface area contributed by atoms with Gasteiger partial charge in [0, 0.05) is 12.0 Å². The third-order valence-electron chi connectivity index (χ3n) is 1.89. The molecule has 0 aromatic carbocycles. The number of allylic oxidation sites excluding steroid dienone is 1. The summed E-state index contributed by atoms with van der Waals surface area (Å²) in [5.41, 5.74) is 0.553. The molecule has 0 atom stereocenters. The Morgan fingerprint density at radius 3 is 2.12 bits per heavy atom. The molecule has 0 aliphatic rings. The quantitative estimate of drug-likeness (QED) is 0.495. The van der Waals surface area contributed by atoms with Gasteiger partial charge in [-0.15, -0.1) is 0 Å². The molecule has 0 unspecified atom stereocenters. The molecule has 0 rings (SSSR count). The molecule has 0 aliphatic heterocycles. The van der Waals surface area contributed by atoms with E-state index >= 15 is 0 Å². The molecule has 0 heterocycles. The van der Waals surface area contributed by atoms with Gasteiger partial charge in [0.25, 0.3) is 0 Å². The highest BCUT2D eigenvalue weighted by atomic mass is 16.5. The first-order chi connectivity index (χ1) is 7.65. The third kappa shape index (κ3) is 6.22. The Hall–Kier alpha value is -1.32. The fraction of sp³-hybridized carbons (Fsp3) is 0.667. The number of esters is 2. The lowest BCUT2D eigenvalue weighted by Gasteiger charge is -2.06. The van der Waals surface area contributed by atoms with Crippen LogP contribution in [0, 0.1) is 0 Å². The molecular formula is C12H20O4. The van der Waals surface area contributed by atoms with Gasteiger partial charge in [0.1, 0.15) is 0 Å². The minimum atomic E-state index is -0.339. The number of carbonyl (C=O) groups is 2. The summed E-state index contributed by atoms with van der Waals surface area (Å²) in [5, 5.41) is 0. The van der Waals surface area contributed by atoms with Crippen LogP contribution < -0.4 is 0 Å². The first kappa shape index (κ1) is 14.7. The van der Waals surface area contributed by atoms with Crippen molar-refractivity contribution >= 4 is 11.9 Å². The summed E-state index contributed by atoms with van der Waals surface area (Å²) < 4.78 is 9.68. The Bertz CT molecular complexity index is 256. The zero-order chi connectivity index (χ0) is 12.4. The van der Waals surface area contributed by atoms with Gasteiger partial charge in [0.05, 0.1) is 13.2 Å². The lowest BCUT2D eigenvalue weighted by Crippen LogP contribution is -2.11. The normalized spacial score (nSPS) is 11.1. The fourth-order valence-electron chi connectivity index (χ4n) is 1.23. The van der Waals surface area contributed by atoms with Crippen molar-refractivity contribution in [2.75, 3.05) is 13.2 Å². The highest BCUT2D eigenvalue weighted by molar-refractivity contribution is 5.89. The number of hydrogen-bond donors (Lipinski definition) is 0. The van der Waals surface area contributed by atoms with Gasteiger partial charge in [-0.2, -0.15) is 0 Å². The Kier molecular flexibility index (Phi) is 8.21. The highest BCUT2D eigenvalue weighted by Crippen LogP contribution is 2.09. The summed E-state index contributed by atoms with van der Waals surface area (Å²) >= 11 is 0. The topological polar surface area (TPSA) is 52.6 Å². The molecule has 0 aromatic rings. The first-order valence-corrected chi connectivity index (χ1v) is 5.67. The second kappa shape index (κ2) is 8.95. The summed E-state index contributed by atoms with van der Waals surface area (Å²) in [6.07, 6.45) is 3.14. The molecule has 0 saturated carbocycles. The molecular weight excluding hydrogens is 208 g/mol. The summed E-state index contributed by atoms with van der Waals surface area (Å²) in [4.78, 5) is 22.6. The van der Waals surface area contributed by atoms with Crippen LogP contribution in [0.5, 0.6) is 0 Å². The van der Waals surface area contributed by atoms with E-state index in [2.05, 4.69) is 0 Å². The lowest BCUT2D eigenvalue weighted by molar-refractivity contribution is -0.143. The van der Waals surface area contributed by atoms with Crippen molar-refractivity contribution < 1.29 is 19.1 Å². The van der Waals surface area contributed by atoms with E-state index in [4.69, 9.17) is 9.47 Å². The number of hydrogen-bond acceptors (Lipinski definition) is 4. The highest BCUT2D eigenvalue weighted by Gasteiger charge is 2.12. The largest absolute Gasteiger partial charge is 0.466 e. The third-order valence-corrected chi connectivity index (χ3v) is 1.89. The van der Waals surface area contributed by atoms with Crippen molar-refractivity contribution in [2.45, 2.75) is 40.0 Å². The van der Waals surface area contributed by atoms with E-state index in [-0.39, 0.29) is 18.4 Å². The van der Waals surface area contributed by atoms with Gasteiger partial charge in [-0.25, -0.2) is 4.79 Å². The van der Waals surface area contributed by atoms with Crippen molar-refractivity contribution in [3.63, 3.8) is 0 Å². The minimum absolute atomic E-state index is 0.221. The van der Waals surface area contributed by atoms with Crippen molar-refractivity contribution in [3.8, 4) is 0 Å². The van der Waals surface area contributed by atoms with Gasteiger partial charge in [-0.3, -0.25) is 4.79 Å². The molecule has 0 aromatic heterocycles. The SMILES string of the molecule is CCC=C(CCC(=O)OCC)C(=O)OCC. The maximum Gasteiger partial charge on any atom is 0.333 e. The molecule has 0 N–H and O–H groups in total. The van der Waals surface area contributed by atoms with Gasteiger partial charge in [0.2, 0.25) is 0 Å². The summed E-state index contributed by atoms with van der Waals surface area (Å²) in [7, 11) is 0. The van der Waals surface area contributed by atoms with Crippen molar-refractivity contribution in [3.05, 3.63) is 11.6 Å². The molecule has 0 amide bonds. The molecule has 0 spiro atoms. The van der Waals surface area contributed by atoms with Gasteiger partial charge < -0.3 is 9.47 Å². The van der Waals surface area contributed by atoms with Crippen LogP contribution in [0.25, 0.3) is 0 Å². The van der Waals surface area contributed by atoms with Crippen molar-refractivity contribution in [1.29, 1.82) is 0 Å². The fourth-order valence-corrected chi connectivity index (χ4v) is 1.23. The Labute approximate surface area is 96.6 Å². The monoisotopic (exact) mass is 228 g/mol. The second-order valence-electron chi connectivity index (χ2n) is 3.16. The van der Waals surface area contributed by atoms with E-state index in [1.807, 2.05) is 6.92 Å². The molecule has 0 fully saturated rings. The summed E-state index contributed by atoms with van der Waals surface area (Å²) in [6, 6.07) is 0. The van der Waals surface area contributed by atoms with E-state index < -0.39 is 0 Å². The lowest BCUT2D eigenvalue weighted by atomic mass is 10.1. The van der Waals surface area contributed by atoms with Crippen molar-refractivity contribution in [1.82, 2.24) is 0 Å². The zero-order valence-corrected chi connectivity index (χ0v) is 10.2. The average molecular weight is 228 g/mol. The van der Waals surface area contributed by atoms with Crippen LogP contribution >= 0.6 is 0 Å². The summed E-state index contributed by atoms with van der Waals surface area (Å²) in [6.45, 7) is 6.16. The Morgan fingerprint density at radius 2 is 1.62 bits per heavy atom. The zero-order valence-electron chi connectivity index (χ0n) is 10.2. The van der Waals surface area contributed by atoms with E-state index in [0.29, 0.717) is 25.2 Å². The number of carbonyl (C=O) groups excluding carboxylic acids is 2. The van der Waals surface area contributed by atoms with Crippen LogP contribution in [0.4, 0.5) is 0 Å². The first-order valence-electron chi connectivity index (χ1n) is 5.67. The van der Waals surface area contributed by atoms with E-state index in [9.17, 15) is 9.59 Å². The van der Waals surface area contributed by atoms with E-state index in [1.165, 1.54) is 0 Å². The molecule has 4 nitrogen and oxygen atoms in total.